The van der Waals surface area contributed by atoms with Gasteiger partial charge in [-0.15, -0.1) is 0 Å². The Morgan fingerprint density at radius 1 is 1.17 bits per heavy atom. The average Bonchev–Trinajstić information content (AvgIpc) is 3.63. The number of primary amides is 1. The lowest BCUT2D eigenvalue weighted by Gasteiger charge is -2.23. The molecular weight excluding hydrogens is 368 g/mol. The largest absolute Gasteiger partial charge is 0.366 e. The summed E-state index contributed by atoms with van der Waals surface area (Å²) >= 11 is 0. The van der Waals surface area contributed by atoms with Gasteiger partial charge in [0.15, 0.2) is 0 Å². The number of aromatic nitrogens is 2. The minimum Gasteiger partial charge on any atom is -0.366 e. The van der Waals surface area contributed by atoms with Crippen molar-refractivity contribution in [1.29, 1.82) is 0 Å². The number of hydrogen-bond acceptors (Lipinski definition) is 5. The first kappa shape index (κ1) is 17.8. The Labute approximate surface area is 167 Å². The zero-order valence-electron chi connectivity index (χ0n) is 16.2. The number of carbonyl (C=O) groups excluding carboxylic acids is 2. The summed E-state index contributed by atoms with van der Waals surface area (Å²) in [5, 5.41) is 4.74. The zero-order valence-corrected chi connectivity index (χ0v) is 16.2. The van der Waals surface area contributed by atoms with Crippen LogP contribution >= 0.6 is 0 Å². The molecule has 2 N–H and O–H groups in total. The SMILES string of the molecule is Cc1noc2nc(C3CC3)cc(C(=O)N(Cc3ccc(C(N)=O)cc3)C3CC3)c12. The number of amides is 2. The third-order valence-electron chi connectivity index (χ3n) is 5.70. The summed E-state index contributed by atoms with van der Waals surface area (Å²) in [6.45, 7) is 2.32. The summed E-state index contributed by atoms with van der Waals surface area (Å²) < 4.78 is 5.39. The molecule has 0 radical (unpaired) electrons. The van der Waals surface area contributed by atoms with E-state index in [4.69, 9.17) is 10.3 Å². The normalized spacial score (nSPS) is 16.2. The Balaban J connectivity index is 1.50. The van der Waals surface area contributed by atoms with Crippen LogP contribution in [0.5, 0.6) is 0 Å². The van der Waals surface area contributed by atoms with E-state index in [0.29, 0.717) is 40.4 Å². The van der Waals surface area contributed by atoms with Crippen LogP contribution in [0.2, 0.25) is 0 Å². The summed E-state index contributed by atoms with van der Waals surface area (Å²) in [5.41, 5.74) is 9.41. The number of nitrogens with zero attached hydrogens (tertiary/aromatic N) is 3. The van der Waals surface area contributed by atoms with E-state index in [1.165, 1.54) is 0 Å². The second-order valence-corrected chi connectivity index (χ2v) is 8.04. The van der Waals surface area contributed by atoms with Crippen LogP contribution in [0.15, 0.2) is 34.9 Å². The first-order valence-corrected chi connectivity index (χ1v) is 9.98. The Morgan fingerprint density at radius 2 is 1.90 bits per heavy atom. The Bertz CT molecular complexity index is 1110. The Hall–Kier alpha value is -3.22. The summed E-state index contributed by atoms with van der Waals surface area (Å²) in [7, 11) is 0. The van der Waals surface area contributed by atoms with Crippen LogP contribution in [0.4, 0.5) is 0 Å². The standard InChI is InChI=1S/C22H22N4O3/c1-12-19-17(10-18(14-6-7-14)24-21(19)29-25-12)22(28)26(16-8-9-16)11-13-2-4-15(5-3-13)20(23)27/h2-5,10,14,16H,6-9,11H2,1H3,(H2,23,27). The minimum atomic E-state index is -0.457. The first-order valence-electron chi connectivity index (χ1n) is 9.98. The molecule has 7 nitrogen and oxygen atoms in total. The van der Waals surface area contributed by atoms with E-state index in [2.05, 4.69) is 10.1 Å². The first-order chi connectivity index (χ1) is 14.0. The Kier molecular flexibility index (Phi) is 4.12. The van der Waals surface area contributed by atoms with Gasteiger partial charge in [0.2, 0.25) is 5.91 Å². The maximum atomic E-state index is 13.6. The number of benzene rings is 1. The van der Waals surface area contributed by atoms with Gasteiger partial charge in [-0.05, 0) is 56.4 Å². The molecular formula is C22H22N4O3. The van der Waals surface area contributed by atoms with Crippen LogP contribution < -0.4 is 5.73 Å². The van der Waals surface area contributed by atoms with Crippen molar-refractivity contribution < 1.29 is 14.1 Å². The average molecular weight is 390 g/mol. The molecule has 5 rings (SSSR count). The van der Waals surface area contributed by atoms with Crippen LogP contribution in [0.1, 0.15) is 69.3 Å². The molecule has 2 aliphatic rings. The number of hydrogen-bond donors (Lipinski definition) is 1. The van der Waals surface area contributed by atoms with Gasteiger partial charge in [0.05, 0.1) is 16.6 Å². The van der Waals surface area contributed by atoms with Gasteiger partial charge in [-0.1, -0.05) is 17.3 Å². The van der Waals surface area contributed by atoms with Gasteiger partial charge >= 0.3 is 0 Å². The molecule has 0 saturated heterocycles. The Morgan fingerprint density at radius 3 is 2.52 bits per heavy atom. The van der Waals surface area contributed by atoms with Gasteiger partial charge in [0.1, 0.15) is 0 Å². The second-order valence-electron chi connectivity index (χ2n) is 8.04. The van der Waals surface area contributed by atoms with E-state index >= 15 is 0 Å². The van der Waals surface area contributed by atoms with Gasteiger partial charge in [-0.3, -0.25) is 9.59 Å². The molecule has 0 bridgehead atoms. The highest BCUT2D eigenvalue weighted by Gasteiger charge is 2.35. The highest BCUT2D eigenvalue weighted by molar-refractivity contribution is 6.06. The number of nitrogens with two attached hydrogens (primary N) is 1. The maximum absolute atomic E-state index is 13.6. The van der Waals surface area contributed by atoms with Crippen molar-refractivity contribution in [2.45, 2.75) is 51.1 Å². The molecule has 0 aliphatic heterocycles. The topological polar surface area (TPSA) is 102 Å². The van der Waals surface area contributed by atoms with Crippen molar-refractivity contribution in [2.75, 3.05) is 0 Å². The van der Waals surface area contributed by atoms with E-state index < -0.39 is 5.91 Å². The van der Waals surface area contributed by atoms with E-state index in [1.54, 1.807) is 12.1 Å². The summed E-state index contributed by atoms with van der Waals surface area (Å²) in [5.74, 6) is -0.0689. The van der Waals surface area contributed by atoms with Crippen molar-refractivity contribution in [3.05, 3.63) is 58.4 Å². The fourth-order valence-corrected chi connectivity index (χ4v) is 3.75. The molecule has 2 aliphatic carbocycles. The third kappa shape index (κ3) is 3.37. The van der Waals surface area contributed by atoms with Crippen molar-refractivity contribution in [3.8, 4) is 0 Å². The lowest BCUT2D eigenvalue weighted by molar-refractivity contribution is 0.0731. The van der Waals surface area contributed by atoms with Crippen LogP contribution in [0.25, 0.3) is 11.1 Å². The van der Waals surface area contributed by atoms with Gasteiger partial charge in [0.25, 0.3) is 11.6 Å². The lowest BCUT2D eigenvalue weighted by Crippen LogP contribution is -2.33. The summed E-state index contributed by atoms with van der Waals surface area (Å²) in [6.07, 6.45) is 4.19. The van der Waals surface area contributed by atoms with E-state index in [-0.39, 0.29) is 11.9 Å². The predicted octanol–water partition coefficient (Wildman–Crippen LogP) is 3.31. The molecule has 3 aromatic rings. The molecule has 29 heavy (non-hydrogen) atoms. The van der Waals surface area contributed by atoms with Crippen molar-refractivity contribution in [2.24, 2.45) is 5.73 Å². The predicted molar refractivity (Wildman–Crippen MR) is 106 cm³/mol. The van der Waals surface area contributed by atoms with Crippen molar-refractivity contribution in [1.82, 2.24) is 15.0 Å². The lowest BCUT2D eigenvalue weighted by atomic mass is 10.1. The van der Waals surface area contributed by atoms with E-state index in [9.17, 15) is 9.59 Å². The molecule has 148 valence electrons. The quantitative estimate of drug-likeness (QED) is 0.696. The van der Waals surface area contributed by atoms with Gasteiger partial charge in [0, 0.05) is 29.8 Å². The molecule has 2 saturated carbocycles. The number of aryl methyl sites for hydroxylation is 1. The van der Waals surface area contributed by atoms with E-state index in [1.807, 2.05) is 30.0 Å². The number of pyridine rings is 1. The molecule has 7 heteroatoms. The molecule has 1 aromatic carbocycles. The summed E-state index contributed by atoms with van der Waals surface area (Å²) in [4.78, 5) is 31.4. The molecule has 0 atom stereocenters. The van der Waals surface area contributed by atoms with Gasteiger partial charge in [-0.25, -0.2) is 4.98 Å². The molecule has 2 aromatic heterocycles. The highest BCUT2D eigenvalue weighted by Crippen LogP contribution is 2.41. The fourth-order valence-electron chi connectivity index (χ4n) is 3.75. The number of rotatable bonds is 6. The van der Waals surface area contributed by atoms with Gasteiger partial charge < -0.3 is 15.2 Å². The smallest absolute Gasteiger partial charge is 0.259 e. The monoisotopic (exact) mass is 390 g/mol. The van der Waals surface area contributed by atoms with Crippen LogP contribution in [0.3, 0.4) is 0 Å². The highest BCUT2D eigenvalue weighted by atomic mass is 16.5. The van der Waals surface area contributed by atoms with Crippen LogP contribution in [-0.4, -0.2) is 32.9 Å². The number of carbonyl (C=O) groups is 2. The zero-order chi connectivity index (χ0) is 20.1. The molecule has 0 spiro atoms. The minimum absolute atomic E-state index is 0.0212. The van der Waals surface area contributed by atoms with Crippen LogP contribution in [0, 0.1) is 6.92 Å². The van der Waals surface area contributed by atoms with Crippen molar-refractivity contribution >= 4 is 22.9 Å². The molecule has 2 fully saturated rings. The molecule has 2 amide bonds. The number of fused-ring (bicyclic) bond motifs is 1. The summed E-state index contributed by atoms with van der Waals surface area (Å²) in [6, 6.07) is 9.26. The van der Waals surface area contributed by atoms with E-state index in [0.717, 1.165) is 36.9 Å². The fraction of sp³-hybridized carbons (Fsp3) is 0.364. The third-order valence-corrected chi connectivity index (χ3v) is 5.70. The maximum Gasteiger partial charge on any atom is 0.259 e. The van der Waals surface area contributed by atoms with Crippen LogP contribution in [-0.2, 0) is 6.54 Å². The second kappa shape index (κ2) is 6.69. The molecule has 2 heterocycles. The van der Waals surface area contributed by atoms with Gasteiger partial charge in [-0.2, -0.15) is 0 Å². The van der Waals surface area contributed by atoms with Crippen molar-refractivity contribution in [3.63, 3.8) is 0 Å². The molecule has 0 unspecified atom stereocenters.